The third-order valence-electron chi connectivity index (χ3n) is 1.41. The van der Waals surface area contributed by atoms with Crippen LogP contribution < -0.4 is 0 Å². The van der Waals surface area contributed by atoms with Gasteiger partial charge in [0.2, 0.25) is 0 Å². The van der Waals surface area contributed by atoms with Gasteiger partial charge in [0.05, 0.1) is 0 Å². The molecule has 0 aromatic rings. The largest absolute Gasteiger partial charge is 0.0848 e. The van der Waals surface area contributed by atoms with Crippen molar-refractivity contribution in [3.8, 4) is 0 Å². The summed E-state index contributed by atoms with van der Waals surface area (Å²) in [6.45, 7) is 8.75. The van der Waals surface area contributed by atoms with Crippen LogP contribution in [0.4, 0.5) is 0 Å². The Bertz CT molecular complexity index is 136. The van der Waals surface area contributed by atoms with Crippen molar-refractivity contribution < 1.29 is 0 Å². The van der Waals surface area contributed by atoms with E-state index in [-0.39, 0.29) is 5.16 Å². The van der Waals surface area contributed by atoms with Crippen LogP contribution in [0, 0.1) is 0 Å². The van der Waals surface area contributed by atoms with Crippen molar-refractivity contribution in [3.63, 3.8) is 0 Å². The SMILES string of the molecule is CCP(=S)(Br)C(C)(C)C. The maximum absolute atomic E-state index is 5.41. The molecule has 3 heteroatoms. The maximum atomic E-state index is 5.41. The van der Waals surface area contributed by atoms with E-state index < -0.39 is 4.74 Å². The topological polar surface area (TPSA) is 0 Å². The quantitative estimate of drug-likeness (QED) is 0.619. The summed E-state index contributed by atoms with van der Waals surface area (Å²) in [5, 5.41) is 0.289. The van der Waals surface area contributed by atoms with Crippen molar-refractivity contribution in [2.75, 3.05) is 6.16 Å². The molecule has 0 aliphatic heterocycles. The minimum absolute atomic E-state index is 0.289. The third-order valence-corrected chi connectivity index (χ3v) is 11.3. The monoisotopic (exact) mass is 228 g/mol. The zero-order valence-electron chi connectivity index (χ0n) is 6.44. The van der Waals surface area contributed by atoms with Crippen molar-refractivity contribution in [2.45, 2.75) is 32.9 Å². The third kappa shape index (κ3) is 2.69. The van der Waals surface area contributed by atoms with Gasteiger partial charge in [0.15, 0.2) is 0 Å². The average Bonchev–Trinajstić information content (AvgIpc) is 1.64. The molecular formula is C6H14BrPS. The lowest BCUT2D eigenvalue weighted by atomic mass is 10.3. The van der Waals surface area contributed by atoms with Gasteiger partial charge in [0.25, 0.3) is 0 Å². The van der Waals surface area contributed by atoms with E-state index in [2.05, 4.69) is 43.2 Å². The first-order chi connectivity index (χ1) is 3.81. The molecule has 0 saturated heterocycles. The second kappa shape index (κ2) is 3.02. The standard InChI is InChI=1S/C6H14BrPS/c1-5-8(7,9)6(2,3)4/h5H2,1-4H3. The molecule has 0 aliphatic rings. The number of rotatable bonds is 1. The molecule has 0 nitrogen and oxygen atoms in total. The van der Waals surface area contributed by atoms with Crippen LogP contribution in [0.1, 0.15) is 27.7 Å². The molecular weight excluding hydrogens is 215 g/mol. The summed E-state index contributed by atoms with van der Waals surface area (Å²) < 4.78 is -1.21. The smallest absolute Gasteiger partial charge is 0.0219 e. The lowest BCUT2D eigenvalue weighted by molar-refractivity contribution is 0.790. The molecule has 0 heterocycles. The first-order valence-corrected chi connectivity index (χ1v) is 8.10. The van der Waals surface area contributed by atoms with Crippen LogP contribution in [0.15, 0.2) is 0 Å². The van der Waals surface area contributed by atoms with Gasteiger partial charge in [0, 0.05) is 9.90 Å². The van der Waals surface area contributed by atoms with Crippen LogP contribution in [-0.4, -0.2) is 11.3 Å². The van der Waals surface area contributed by atoms with E-state index in [1.54, 1.807) is 0 Å². The molecule has 0 bridgehead atoms. The molecule has 0 saturated carbocycles. The molecule has 0 rings (SSSR count). The Morgan fingerprint density at radius 3 is 1.78 bits per heavy atom. The predicted octanol–water partition coefficient (Wildman–Crippen LogP) is 3.59. The van der Waals surface area contributed by atoms with E-state index in [1.165, 1.54) is 0 Å². The average molecular weight is 229 g/mol. The Hall–Kier alpha value is 1.13. The maximum Gasteiger partial charge on any atom is 0.0219 e. The minimum Gasteiger partial charge on any atom is -0.0848 e. The zero-order chi connectivity index (χ0) is 7.71. The van der Waals surface area contributed by atoms with E-state index in [4.69, 9.17) is 11.8 Å². The van der Waals surface area contributed by atoms with Crippen molar-refractivity contribution in [2.24, 2.45) is 0 Å². The number of halogens is 1. The Morgan fingerprint density at radius 2 is 1.78 bits per heavy atom. The van der Waals surface area contributed by atoms with Gasteiger partial charge in [-0.05, 0) is 21.7 Å². The second-order valence-electron chi connectivity index (χ2n) is 3.14. The summed E-state index contributed by atoms with van der Waals surface area (Å²) in [6, 6.07) is 0. The van der Waals surface area contributed by atoms with Gasteiger partial charge >= 0.3 is 0 Å². The summed E-state index contributed by atoms with van der Waals surface area (Å²) in [5.74, 6) is 0. The number of hydrogen-bond donors (Lipinski definition) is 0. The minimum atomic E-state index is -1.21. The highest BCUT2D eigenvalue weighted by Gasteiger charge is 2.26. The fraction of sp³-hybridized carbons (Fsp3) is 1.00. The van der Waals surface area contributed by atoms with E-state index in [0.29, 0.717) is 0 Å². The van der Waals surface area contributed by atoms with Crippen molar-refractivity contribution >= 4 is 32.0 Å². The second-order valence-corrected chi connectivity index (χ2v) is 13.3. The van der Waals surface area contributed by atoms with E-state index in [1.807, 2.05) is 0 Å². The molecule has 0 N–H and O–H groups in total. The van der Waals surface area contributed by atoms with Crippen LogP contribution in [-0.2, 0) is 11.8 Å². The summed E-state index contributed by atoms with van der Waals surface area (Å²) >= 11 is 9.04. The molecule has 1 atom stereocenters. The first kappa shape index (κ1) is 10.1. The van der Waals surface area contributed by atoms with Crippen molar-refractivity contribution in [3.05, 3.63) is 0 Å². The van der Waals surface area contributed by atoms with Crippen LogP contribution >= 0.6 is 20.2 Å². The van der Waals surface area contributed by atoms with Gasteiger partial charge in [-0.3, -0.25) is 0 Å². The van der Waals surface area contributed by atoms with Gasteiger partial charge in [-0.2, -0.15) is 0 Å². The lowest BCUT2D eigenvalue weighted by Gasteiger charge is -2.28. The molecule has 0 fully saturated rings. The molecule has 0 radical (unpaired) electrons. The Labute approximate surface area is 71.2 Å². The summed E-state index contributed by atoms with van der Waals surface area (Å²) in [5.41, 5.74) is 0. The first-order valence-electron chi connectivity index (χ1n) is 3.10. The van der Waals surface area contributed by atoms with Crippen LogP contribution in [0.2, 0.25) is 0 Å². The normalized spacial score (nSPS) is 19.2. The molecule has 0 amide bonds. The summed E-state index contributed by atoms with van der Waals surface area (Å²) in [7, 11) is 0. The van der Waals surface area contributed by atoms with Crippen LogP contribution in [0.25, 0.3) is 0 Å². The molecule has 9 heavy (non-hydrogen) atoms. The van der Waals surface area contributed by atoms with Gasteiger partial charge in [-0.1, -0.05) is 39.5 Å². The number of hydrogen-bond acceptors (Lipinski definition) is 1. The molecule has 56 valence electrons. The molecule has 0 aromatic carbocycles. The highest BCUT2D eigenvalue weighted by atomic mass is 79.9. The fourth-order valence-electron chi connectivity index (χ4n) is 0.474. The fourth-order valence-corrected chi connectivity index (χ4v) is 1.42. The summed E-state index contributed by atoms with van der Waals surface area (Å²) in [4.78, 5) is 0. The molecule has 0 aromatic heterocycles. The van der Waals surface area contributed by atoms with E-state index in [9.17, 15) is 0 Å². The Kier molecular flexibility index (Phi) is 3.40. The Balaban J connectivity index is 4.35. The molecule has 0 spiro atoms. The molecule has 1 unspecified atom stereocenters. The van der Waals surface area contributed by atoms with E-state index in [0.717, 1.165) is 6.16 Å². The van der Waals surface area contributed by atoms with Crippen LogP contribution in [0.3, 0.4) is 0 Å². The van der Waals surface area contributed by atoms with Gasteiger partial charge < -0.3 is 0 Å². The predicted molar refractivity (Wildman–Crippen MR) is 53.5 cm³/mol. The van der Waals surface area contributed by atoms with E-state index >= 15 is 0 Å². The highest BCUT2D eigenvalue weighted by Crippen LogP contribution is 2.64. The highest BCUT2D eigenvalue weighted by molar-refractivity contribution is 9.44. The summed E-state index contributed by atoms with van der Waals surface area (Å²) in [6.07, 6.45) is 1.10. The molecule has 0 aliphatic carbocycles. The van der Waals surface area contributed by atoms with Crippen molar-refractivity contribution in [1.82, 2.24) is 0 Å². The Morgan fingerprint density at radius 1 is 1.44 bits per heavy atom. The van der Waals surface area contributed by atoms with Crippen LogP contribution in [0.5, 0.6) is 0 Å². The zero-order valence-corrected chi connectivity index (χ0v) is 9.74. The van der Waals surface area contributed by atoms with Gasteiger partial charge in [-0.15, -0.1) is 0 Å². The van der Waals surface area contributed by atoms with Gasteiger partial charge in [-0.25, -0.2) is 0 Å². The van der Waals surface area contributed by atoms with Gasteiger partial charge in [0.1, 0.15) is 0 Å². The lowest BCUT2D eigenvalue weighted by Crippen LogP contribution is -2.11. The van der Waals surface area contributed by atoms with Crippen molar-refractivity contribution in [1.29, 1.82) is 0 Å².